The van der Waals surface area contributed by atoms with E-state index < -0.39 is 0 Å². The number of nitrogens with one attached hydrogen (secondary N) is 1. The topological polar surface area (TPSA) is 57.1 Å². The highest BCUT2D eigenvalue weighted by molar-refractivity contribution is 8.14. The van der Waals surface area contributed by atoms with Gasteiger partial charge in [0.2, 0.25) is 5.91 Å². The fraction of sp³-hybridized carbons (Fsp3) is 0.286. The number of anilines is 1. The number of nitrogens with zero attached hydrogens (tertiary/aromatic N) is 3. The highest BCUT2D eigenvalue weighted by Gasteiger charge is 2.32. The van der Waals surface area contributed by atoms with Crippen LogP contribution in [0.4, 0.5) is 11.4 Å². The lowest BCUT2D eigenvalue weighted by Gasteiger charge is -2.29. The van der Waals surface area contributed by atoms with Gasteiger partial charge in [-0.1, -0.05) is 36.0 Å². The average Bonchev–Trinajstić information content (AvgIpc) is 3.35. The summed E-state index contributed by atoms with van der Waals surface area (Å²) in [5.41, 5.74) is 5.83. The van der Waals surface area contributed by atoms with Gasteiger partial charge in [0.25, 0.3) is 0 Å². The fourth-order valence-corrected chi connectivity index (χ4v) is 4.76. The Morgan fingerprint density at radius 1 is 1.19 bits per heavy atom. The average molecular weight is 376 g/mol. The predicted octanol–water partition coefficient (Wildman–Crippen LogP) is 4.28. The molecule has 0 spiro atoms. The lowest BCUT2D eigenvalue weighted by molar-refractivity contribution is -0.113. The number of aryl methyl sites for hydroxylation is 2. The van der Waals surface area contributed by atoms with Gasteiger partial charge in [0.05, 0.1) is 17.5 Å². The van der Waals surface area contributed by atoms with Crippen molar-refractivity contribution in [3.63, 3.8) is 0 Å². The van der Waals surface area contributed by atoms with Crippen LogP contribution in [0.5, 0.6) is 0 Å². The largest absolute Gasteiger partial charge is 0.325 e. The van der Waals surface area contributed by atoms with Crippen LogP contribution in [0.2, 0.25) is 0 Å². The standard InChI is InChI=1S/C21H20N4OS/c26-20(23-16-9-8-14-4-3-5-15(14)12-16)13-27-21-24-18-7-2-1-6-17(18)19-10-11-22-25(19)21/h1-2,6-9,11-12,19H,3-5,10,13H2,(H,23,26). The minimum Gasteiger partial charge on any atom is -0.325 e. The number of benzene rings is 2. The second-order valence-electron chi connectivity index (χ2n) is 7.02. The zero-order chi connectivity index (χ0) is 18.2. The van der Waals surface area contributed by atoms with E-state index in [1.807, 2.05) is 35.5 Å². The Kier molecular flexibility index (Phi) is 4.20. The SMILES string of the molecule is O=C(CSC1=Nc2ccccc2C2CC=NN12)Nc1ccc2c(c1)CCC2. The molecule has 0 radical (unpaired) electrons. The van der Waals surface area contributed by atoms with Crippen LogP contribution in [0, 0.1) is 0 Å². The number of aliphatic imine (C=N–C) groups is 1. The van der Waals surface area contributed by atoms with Gasteiger partial charge < -0.3 is 5.32 Å². The van der Waals surface area contributed by atoms with Gasteiger partial charge in [-0.2, -0.15) is 5.10 Å². The van der Waals surface area contributed by atoms with Crippen molar-refractivity contribution in [2.75, 3.05) is 11.1 Å². The molecule has 6 heteroatoms. The summed E-state index contributed by atoms with van der Waals surface area (Å²) in [5.74, 6) is 0.302. The Hall–Kier alpha value is -2.60. The van der Waals surface area contributed by atoms with E-state index in [0.29, 0.717) is 5.75 Å². The number of rotatable bonds is 3. The lowest BCUT2D eigenvalue weighted by atomic mass is 10.0. The van der Waals surface area contributed by atoms with Crippen molar-refractivity contribution in [2.24, 2.45) is 10.1 Å². The van der Waals surface area contributed by atoms with Gasteiger partial charge in [0.1, 0.15) is 0 Å². The third-order valence-corrected chi connectivity index (χ3v) is 6.20. The number of carbonyl (C=O) groups excluding carboxylic acids is 1. The smallest absolute Gasteiger partial charge is 0.234 e. The number of carbonyl (C=O) groups is 1. The summed E-state index contributed by atoms with van der Waals surface area (Å²) >= 11 is 1.44. The Morgan fingerprint density at radius 3 is 3.04 bits per heavy atom. The first-order valence-electron chi connectivity index (χ1n) is 9.32. The summed E-state index contributed by atoms with van der Waals surface area (Å²) in [7, 11) is 0. The maximum atomic E-state index is 12.4. The Balaban J connectivity index is 1.27. The summed E-state index contributed by atoms with van der Waals surface area (Å²) in [6, 6.07) is 14.6. The van der Waals surface area contributed by atoms with Crippen LogP contribution < -0.4 is 5.32 Å². The summed E-state index contributed by atoms with van der Waals surface area (Å²) in [4.78, 5) is 17.2. The molecule has 2 aliphatic heterocycles. The molecule has 5 rings (SSSR count). The van der Waals surface area contributed by atoms with E-state index in [1.54, 1.807) is 0 Å². The maximum Gasteiger partial charge on any atom is 0.234 e. The molecule has 0 bridgehead atoms. The second kappa shape index (κ2) is 6.85. The van der Waals surface area contributed by atoms with Gasteiger partial charge in [0.15, 0.2) is 5.17 Å². The molecule has 1 N–H and O–H groups in total. The quantitative estimate of drug-likeness (QED) is 0.870. The number of para-hydroxylation sites is 1. The zero-order valence-corrected chi connectivity index (χ0v) is 15.7. The molecular formula is C21H20N4OS. The van der Waals surface area contributed by atoms with Crippen LogP contribution in [0.15, 0.2) is 52.6 Å². The van der Waals surface area contributed by atoms with Crippen LogP contribution in [0.25, 0.3) is 0 Å². The number of thioether (sulfide) groups is 1. The molecule has 2 aromatic carbocycles. The van der Waals surface area contributed by atoms with Crippen molar-refractivity contribution in [3.8, 4) is 0 Å². The molecule has 27 heavy (non-hydrogen) atoms. The normalized spacial score (nSPS) is 19.3. The van der Waals surface area contributed by atoms with Crippen molar-refractivity contribution in [2.45, 2.75) is 31.7 Å². The molecule has 1 aliphatic carbocycles. The van der Waals surface area contributed by atoms with Gasteiger partial charge >= 0.3 is 0 Å². The van der Waals surface area contributed by atoms with E-state index in [2.05, 4.69) is 28.6 Å². The first-order valence-corrected chi connectivity index (χ1v) is 10.3. The Bertz CT molecular complexity index is 968. The molecule has 1 unspecified atom stereocenters. The minimum atomic E-state index is -0.0146. The number of hydrazone groups is 1. The molecular weight excluding hydrogens is 356 g/mol. The van der Waals surface area contributed by atoms with Gasteiger partial charge in [0, 0.05) is 23.9 Å². The summed E-state index contributed by atoms with van der Waals surface area (Å²) in [5, 5.41) is 10.2. The third kappa shape index (κ3) is 3.14. The fourth-order valence-electron chi connectivity index (χ4n) is 3.96. The van der Waals surface area contributed by atoms with Crippen LogP contribution >= 0.6 is 11.8 Å². The third-order valence-electron chi connectivity index (χ3n) is 5.25. The Labute approximate surface area is 162 Å². The van der Waals surface area contributed by atoms with E-state index in [4.69, 9.17) is 4.99 Å². The van der Waals surface area contributed by atoms with E-state index in [9.17, 15) is 4.79 Å². The van der Waals surface area contributed by atoms with Crippen LogP contribution in [0.3, 0.4) is 0 Å². The summed E-state index contributed by atoms with van der Waals surface area (Å²) < 4.78 is 0. The van der Waals surface area contributed by atoms with Crippen LogP contribution in [0.1, 0.15) is 35.6 Å². The van der Waals surface area contributed by atoms with Gasteiger partial charge in [-0.3, -0.25) is 4.79 Å². The van der Waals surface area contributed by atoms with Crippen LogP contribution in [-0.2, 0) is 17.6 Å². The number of amidine groups is 1. The predicted molar refractivity (Wildman–Crippen MR) is 111 cm³/mol. The van der Waals surface area contributed by atoms with E-state index >= 15 is 0 Å². The first-order chi connectivity index (χ1) is 13.3. The molecule has 0 saturated heterocycles. The summed E-state index contributed by atoms with van der Waals surface area (Å²) in [6.07, 6.45) is 6.27. The number of fused-ring (bicyclic) bond motifs is 4. The molecule has 1 atom stereocenters. The van der Waals surface area contributed by atoms with E-state index in [-0.39, 0.29) is 11.9 Å². The number of hydrogen-bond acceptors (Lipinski definition) is 5. The van der Waals surface area contributed by atoms with Gasteiger partial charge in [-0.15, -0.1) is 0 Å². The molecule has 2 heterocycles. The van der Waals surface area contributed by atoms with E-state index in [0.717, 1.165) is 35.8 Å². The second-order valence-corrected chi connectivity index (χ2v) is 7.96. The molecule has 3 aliphatic rings. The molecule has 0 fully saturated rings. The maximum absolute atomic E-state index is 12.4. The lowest BCUT2D eigenvalue weighted by Crippen LogP contribution is -2.29. The Morgan fingerprint density at radius 2 is 2.07 bits per heavy atom. The van der Waals surface area contributed by atoms with Crippen molar-refractivity contribution in [1.82, 2.24) is 5.01 Å². The van der Waals surface area contributed by atoms with Crippen LogP contribution in [-0.4, -0.2) is 28.1 Å². The highest BCUT2D eigenvalue weighted by atomic mass is 32.2. The minimum absolute atomic E-state index is 0.0146. The van der Waals surface area contributed by atoms with Crippen molar-refractivity contribution >= 4 is 40.4 Å². The van der Waals surface area contributed by atoms with E-state index in [1.165, 1.54) is 34.9 Å². The summed E-state index contributed by atoms with van der Waals surface area (Å²) in [6.45, 7) is 0. The number of amides is 1. The first kappa shape index (κ1) is 16.6. The molecule has 136 valence electrons. The molecule has 5 nitrogen and oxygen atoms in total. The van der Waals surface area contributed by atoms with Crippen molar-refractivity contribution in [3.05, 3.63) is 59.2 Å². The number of hydrogen-bond donors (Lipinski definition) is 1. The molecule has 0 saturated carbocycles. The van der Waals surface area contributed by atoms with Crippen molar-refractivity contribution < 1.29 is 4.79 Å². The van der Waals surface area contributed by atoms with Gasteiger partial charge in [-0.05, 0) is 48.6 Å². The molecule has 0 aromatic heterocycles. The zero-order valence-electron chi connectivity index (χ0n) is 14.9. The van der Waals surface area contributed by atoms with Gasteiger partial charge in [-0.25, -0.2) is 10.0 Å². The highest BCUT2D eigenvalue weighted by Crippen LogP contribution is 2.40. The molecule has 2 aromatic rings. The monoisotopic (exact) mass is 376 g/mol. The van der Waals surface area contributed by atoms with Crippen molar-refractivity contribution in [1.29, 1.82) is 0 Å². The molecule has 1 amide bonds.